The van der Waals surface area contributed by atoms with E-state index in [0.29, 0.717) is 17.5 Å². The highest BCUT2D eigenvalue weighted by molar-refractivity contribution is 7.98. The van der Waals surface area contributed by atoms with Crippen LogP contribution in [-0.2, 0) is 5.75 Å². The number of hydrogen-bond acceptors (Lipinski definition) is 5. The summed E-state index contributed by atoms with van der Waals surface area (Å²) in [7, 11) is 0. The summed E-state index contributed by atoms with van der Waals surface area (Å²) in [5.41, 5.74) is 6.70. The van der Waals surface area contributed by atoms with Gasteiger partial charge in [0.25, 0.3) is 0 Å². The maximum atomic E-state index is 5.91. The molecule has 0 spiro atoms. The van der Waals surface area contributed by atoms with Gasteiger partial charge in [0.2, 0.25) is 11.7 Å². The average molecular weight is 263 g/mol. The van der Waals surface area contributed by atoms with Gasteiger partial charge in [-0.15, -0.1) is 0 Å². The molecule has 96 valence electrons. The fourth-order valence-electron chi connectivity index (χ4n) is 1.42. The second kappa shape index (κ2) is 5.54. The molecular weight excluding hydrogens is 246 g/mol. The predicted octanol–water partition coefficient (Wildman–Crippen LogP) is 2.71. The molecular formula is C13H17N3OS. The number of aromatic nitrogens is 2. The van der Waals surface area contributed by atoms with Crippen LogP contribution in [0.15, 0.2) is 34.9 Å². The Bertz CT molecular complexity index is 490. The molecule has 0 amide bonds. The monoisotopic (exact) mass is 263 g/mol. The van der Waals surface area contributed by atoms with Crippen LogP contribution in [-0.4, -0.2) is 21.4 Å². The SMILES string of the molecule is CC(C)(N)CSCc1nc(-c2ccccc2)no1. The first-order chi connectivity index (χ1) is 8.54. The quantitative estimate of drug-likeness (QED) is 0.898. The van der Waals surface area contributed by atoms with Crippen molar-refractivity contribution < 1.29 is 4.52 Å². The zero-order chi connectivity index (χ0) is 13.0. The van der Waals surface area contributed by atoms with E-state index in [4.69, 9.17) is 10.3 Å². The Hall–Kier alpha value is -1.33. The molecule has 0 aliphatic carbocycles. The fourth-order valence-corrected chi connectivity index (χ4v) is 2.34. The number of rotatable bonds is 5. The van der Waals surface area contributed by atoms with Crippen molar-refractivity contribution >= 4 is 11.8 Å². The summed E-state index contributed by atoms with van der Waals surface area (Å²) in [6.45, 7) is 4.01. The van der Waals surface area contributed by atoms with Crippen LogP contribution in [0.4, 0.5) is 0 Å². The maximum Gasteiger partial charge on any atom is 0.236 e. The molecule has 2 rings (SSSR count). The van der Waals surface area contributed by atoms with Crippen molar-refractivity contribution in [3.63, 3.8) is 0 Å². The molecule has 2 aromatic rings. The normalized spacial score (nSPS) is 11.7. The minimum atomic E-state index is -0.174. The zero-order valence-electron chi connectivity index (χ0n) is 10.6. The van der Waals surface area contributed by atoms with E-state index in [1.165, 1.54) is 0 Å². The number of hydrogen-bond donors (Lipinski definition) is 1. The first-order valence-electron chi connectivity index (χ1n) is 5.79. The molecule has 18 heavy (non-hydrogen) atoms. The Morgan fingerprint density at radius 2 is 2.00 bits per heavy atom. The molecule has 5 heteroatoms. The van der Waals surface area contributed by atoms with Gasteiger partial charge in [-0.25, -0.2) is 0 Å². The zero-order valence-corrected chi connectivity index (χ0v) is 11.4. The number of nitrogens with two attached hydrogens (primary N) is 1. The van der Waals surface area contributed by atoms with Gasteiger partial charge in [-0.05, 0) is 13.8 Å². The molecule has 0 aliphatic rings. The first-order valence-corrected chi connectivity index (χ1v) is 6.95. The third-order valence-corrected chi connectivity index (χ3v) is 3.60. The van der Waals surface area contributed by atoms with Crippen LogP contribution in [0.5, 0.6) is 0 Å². The van der Waals surface area contributed by atoms with Gasteiger partial charge in [0.15, 0.2) is 0 Å². The summed E-state index contributed by atoms with van der Waals surface area (Å²) in [6.07, 6.45) is 0. The first kappa shape index (κ1) is 13.1. The minimum absolute atomic E-state index is 0.174. The lowest BCUT2D eigenvalue weighted by molar-refractivity contribution is 0.391. The molecule has 1 aromatic carbocycles. The molecule has 0 saturated heterocycles. The van der Waals surface area contributed by atoms with Gasteiger partial charge in [-0.1, -0.05) is 35.5 Å². The lowest BCUT2D eigenvalue weighted by Gasteiger charge is -2.16. The van der Waals surface area contributed by atoms with Gasteiger partial charge in [0.05, 0.1) is 5.75 Å². The molecule has 4 nitrogen and oxygen atoms in total. The summed E-state index contributed by atoms with van der Waals surface area (Å²) in [5, 5.41) is 3.97. The van der Waals surface area contributed by atoms with Gasteiger partial charge in [-0.2, -0.15) is 16.7 Å². The van der Waals surface area contributed by atoms with E-state index in [-0.39, 0.29) is 5.54 Å². The number of nitrogens with zero attached hydrogens (tertiary/aromatic N) is 2. The van der Waals surface area contributed by atoms with Crippen LogP contribution < -0.4 is 5.73 Å². The summed E-state index contributed by atoms with van der Waals surface area (Å²) in [6, 6.07) is 9.80. The maximum absolute atomic E-state index is 5.91. The minimum Gasteiger partial charge on any atom is -0.338 e. The average Bonchev–Trinajstić information content (AvgIpc) is 2.77. The van der Waals surface area contributed by atoms with Crippen LogP contribution in [0.2, 0.25) is 0 Å². The third kappa shape index (κ3) is 3.85. The van der Waals surface area contributed by atoms with Crippen LogP contribution in [0.25, 0.3) is 11.4 Å². The molecule has 1 aromatic heterocycles. The highest BCUT2D eigenvalue weighted by atomic mass is 32.2. The van der Waals surface area contributed by atoms with Crippen molar-refractivity contribution in [3.8, 4) is 11.4 Å². The van der Waals surface area contributed by atoms with Gasteiger partial charge >= 0.3 is 0 Å². The van der Waals surface area contributed by atoms with Crippen molar-refractivity contribution in [2.45, 2.75) is 25.1 Å². The highest BCUT2D eigenvalue weighted by Crippen LogP contribution is 2.19. The predicted molar refractivity (Wildman–Crippen MR) is 74.2 cm³/mol. The lowest BCUT2D eigenvalue weighted by atomic mass is 10.1. The molecule has 1 heterocycles. The van der Waals surface area contributed by atoms with Gasteiger partial charge in [-0.3, -0.25) is 0 Å². The summed E-state index contributed by atoms with van der Waals surface area (Å²) < 4.78 is 5.21. The highest BCUT2D eigenvalue weighted by Gasteiger charge is 2.13. The van der Waals surface area contributed by atoms with E-state index in [9.17, 15) is 0 Å². The van der Waals surface area contributed by atoms with Crippen molar-refractivity contribution in [3.05, 3.63) is 36.2 Å². The molecule has 0 aliphatic heterocycles. The van der Waals surface area contributed by atoms with Crippen LogP contribution in [0, 0.1) is 0 Å². The van der Waals surface area contributed by atoms with Gasteiger partial charge in [0, 0.05) is 16.9 Å². The molecule has 0 unspecified atom stereocenters. The molecule has 0 radical (unpaired) electrons. The Balaban J connectivity index is 1.95. The van der Waals surface area contributed by atoms with E-state index in [1.54, 1.807) is 11.8 Å². The lowest BCUT2D eigenvalue weighted by Crippen LogP contribution is -2.34. The van der Waals surface area contributed by atoms with Crippen LogP contribution >= 0.6 is 11.8 Å². The number of benzene rings is 1. The van der Waals surface area contributed by atoms with Crippen molar-refractivity contribution in [2.24, 2.45) is 5.73 Å². The van der Waals surface area contributed by atoms with Crippen LogP contribution in [0.3, 0.4) is 0 Å². The Kier molecular flexibility index (Phi) is 4.04. The molecule has 0 bridgehead atoms. The van der Waals surface area contributed by atoms with E-state index in [2.05, 4.69) is 10.1 Å². The fraction of sp³-hybridized carbons (Fsp3) is 0.385. The Labute approximate surface area is 111 Å². The topological polar surface area (TPSA) is 64.9 Å². The van der Waals surface area contributed by atoms with Crippen molar-refractivity contribution in [2.75, 3.05) is 5.75 Å². The van der Waals surface area contributed by atoms with E-state index in [1.807, 2.05) is 44.2 Å². The molecule has 0 saturated carbocycles. The van der Waals surface area contributed by atoms with Crippen molar-refractivity contribution in [1.82, 2.24) is 10.1 Å². The third-order valence-electron chi connectivity index (χ3n) is 2.20. The largest absolute Gasteiger partial charge is 0.338 e. The van der Waals surface area contributed by atoms with E-state index >= 15 is 0 Å². The standard InChI is InChI=1S/C13H17N3OS/c1-13(2,14)9-18-8-11-15-12(16-17-11)10-6-4-3-5-7-10/h3-7H,8-9,14H2,1-2H3. The second-order valence-corrected chi connectivity index (χ2v) is 5.84. The van der Waals surface area contributed by atoms with E-state index < -0.39 is 0 Å². The molecule has 2 N–H and O–H groups in total. The molecule has 0 atom stereocenters. The van der Waals surface area contributed by atoms with Crippen LogP contribution in [0.1, 0.15) is 19.7 Å². The Morgan fingerprint density at radius 1 is 1.28 bits per heavy atom. The summed E-state index contributed by atoms with van der Waals surface area (Å²) in [5.74, 6) is 2.83. The number of thioether (sulfide) groups is 1. The van der Waals surface area contributed by atoms with Gasteiger partial charge < -0.3 is 10.3 Å². The summed E-state index contributed by atoms with van der Waals surface area (Å²) >= 11 is 1.70. The second-order valence-electron chi connectivity index (χ2n) is 4.86. The smallest absolute Gasteiger partial charge is 0.236 e. The summed E-state index contributed by atoms with van der Waals surface area (Å²) in [4.78, 5) is 4.36. The molecule has 0 fully saturated rings. The van der Waals surface area contributed by atoms with E-state index in [0.717, 1.165) is 11.3 Å². The van der Waals surface area contributed by atoms with Crippen molar-refractivity contribution in [1.29, 1.82) is 0 Å². The Morgan fingerprint density at radius 3 is 2.67 bits per heavy atom. The van der Waals surface area contributed by atoms with Gasteiger partial charge in [0.1, 0.15) is 0 Å².